The fourth-order valence-electron chi connectivity index (χ4n) is 2.86. The molecule has 26 heavy (non-hydrogen) atoms. The van der Waals surface area contributed by atoms with E-state index in [1.165, 1.54) is 0 Å². The number of carbonyl (C=O) groups excluding carboxylic acids is 1. The van der Waals surface area contributed by atoms with Gasteiger partial charge in [0.2, 0.25) is 5.82 Å². The lowest BCUT2D eigenvalue weighted by molar-refractivity contribution is 0.0742. The van der Waals surface area contributed by atoms with Gasteiger partial charge in [0.25, 0.3) is 5.91 Å². The third kappa shape index (κ3) is 6.22. The highest BCUT2D eigenvalue weighted by molar-refractivity contribution is 5.95. The monoisotopic (exact) mass is 373 g/mol. The second-order valence-electron chi connectivity index (χ2n) is 6.48. The van der Waals surface area contributed by atoms with E-state index in [2.05, 4.69) is 18.6 Å². The van der Waals surface area contributed by atoms with Crippen molar-refractivity contribution in [3.05, 3.63) is 29.1 Å². The molecule has 0 aliphatic heterocycles. The molecule has 1 rings (SSSR count). The number of hydrogen-bond donors (Lipinski definition) is 0. The molecule has 0 unspecified atom stereocenters. The van der Waals surface area contributed by atoms with Crippen LogP contribution in [0.5, 0.6) is 5.75 Å². The van der Waals surface area contributed by atoms with Crippen LogP contribution in [0.2, 0.25) is 0 Å². The number of rotatable bonds is 12. The summed E-state index contributed by atoms with van der Waals surface area (Å²) in [5, 5.41) is 0. The molecular weight excluding hydrogens is 343 g/mol. The molecular formula is C20H30F3NO2. The van der Waals surface area contributed by atoms with Crippen LogP contribution in [0.3, 0.4) is 0 Å². The fraction of sp³-hybridized carbons (Fsp3) is 0.650. The Bertz CT molecular complexity index is 567. The number of unbranched alkanes of at least 4 members (excludes halogenated alkanes) is 6. The van der Waals surface area contributed by atoms with E-state index in [0.29, 0.717) is 19.2 Å². The minimum Gasteiger partial charge on any atom is -0.491 e. The number of carbonyl (C=O) groups is 1. The summed E-state index contributed by atoms with van der Waals surface area (Å²) < 4.78 is 46.4. The normalized spacial score (nSPS) is 10.8. The van der Waals surface area contributed by atoms with Crippen LogP contribution in [0, 0.1) is 17.5 Å². The molecule has 0 atom stereocenters. The Hall–Kier alpha value is -1.72. The third-order valence-electron chi connectivity index (χ3n) is 4.40. The average Bonchev–Trinajstić information content (AvgIpc) is 2.63. The van der Waals surface area contributed by atoms with Crippen molar-refractivity contribution in [3.63, 3.8) is 0 Å². The predicted octanol–water partition coefficient (Wildman–Crippen LogP) is 5.72. The zero-order chi connectivity index (χ0) is 19.5. The maximum Gasteiger partial charge on any atom is 0.257 e. The highest BCUT2D eigenvalue weighted by atomic mass is 19.2. The van der Waals surface area contributed by atoms with Crippen molar-refractivity contribution in [1.82, 2.24) is 4.90 Å². The first-order valence-electron chi connectivity index (χ1n) is 9.48. The average molecular weight is 373 g/mol. The molecule has 1 aromatic rings. The summed E-state index contributed by atoms with van der Waals surface area (Å²) in [5.41, 5.74) is -0.480. The van der Waals surface area contributed by atoms with Gasteiger partial charge in [0.05, 0.1) is 12.7 Å². The minimum absolute atomic E-state index is 0.478. The van der Waals surface area contributed by atoms with E-state index < -0.39 is 34.7 Å². The lowest BCUT2D eigenvalue weighted by Gasteiger charge is -2.23. The highest BCUT2D eigenvalue weighted by Gasteiger charge is 2.26. The van der Waals surface area contributed by atoms with Gasteiger partial charge >= 0.3 is 0 Å². The lowest BCUT2D eigenvalue weighted by atomic mass is 10.1. The van der Waals surface area contributed by atoms with E-state index in [4.69, 9.17) is 0 Å². The maximum absolute atomic E-state index is 14.4. The summed E-state index contributed by atoms with van der Waals surface area (Å²) in [6, 6.07) is 0.626. The molecule has 3 nitrogen and oxygen atoms in total. The van der Waals surface area contributed by atoms with E-state index in [-0.39, 0.29) is 0 Å². The summed E-state index contributed by atoms with van der Waals surface area (Å²) in [5.74, 6) is -5.33. The van der Waals surface area contributed by atoms with Crippen LogP contribution in [0.15, 0.2) is 6.07 Å². The largest absolute Gasteiger partial charge is 0.491 e. The number of methoxy groups -OCH3 is 1. The number of amides is 1. The van der Waals surface area contributed by atoms with Crippen molar-refractivity contribution < 1.29 is 22.7 Å². The molecule has 0 bridgehead atoms. The van der Waals surface area contributed by atoms with E-state index in [1.54, 1.807) is 4.90 Å². The molecule has 0 spiro atoms. The molecule has 0 aliphatic rings. The predicted molar refractivity (Wildman–Crippen MR) is 97.1 cm³/mol. The Kier molecular flexibility index (Phi) is 10.1. The van der Waals surface area contributed by atoms with Gasteiger partial charge in [0.15, 0.2) is 17.4 Å². The Balaban J connectivity index is 2.96. The molecule has 0 aromatic heterocycles. The van der Waals surface area contributed by atoms with Gasteiger partial charge in [-0.1, -0.05) is 52.4 Å². The smallest absolute Gasteiger partial charge is 0.257 e. The lowest BCUT2D eigenvalue weighted by Crippen LogP contribution is -2.34. The van der Waals surface area contributed by atoms with Gasteiger partial charge in [-0.15, -0.1) is 0 Å². The molecule has 0 aliphatic carbocycles. The summed E-state index contributed by atoms with van der Waals surface area (Å²) in [4.78, 5) is 14.3. The Labute approximate surface area is 154 Å². The van der Waals surface area contributed by atoms with Crippen molar-refractivity contribution in [2.24, 2.45) is 0 Å². The molecule has 148 valence electrons. The topological polar surface area (TPSA) is 29.5 Å². The van der Waals surface area contributed by atoms with Crippen LogP contribution < -0.4 is 4.74 Å². The maximum atomic E-state index is 14.4. The number of hydrogen-bond acceptors (Lipinski definition) is 2. The first-order chi connectivity index (χ1) is 12.5. The van der Waals surface area contributed by atoms with Gasteiger partial charge in [-0.25, -0.2) is 8.78 Å². The summed E-state index contributed by atoms with van der Waals surface area (Å²) in [6.45, 7) is 5.14. The molecule has 0 saturated carbocycles. The van der Waals surface area contributed by atoms with Gasteiger partial charge in [0, 0.05) is 13.1 Å². The minimum atomic E-state index is -1.42. The summed E-state index contributed by atoms with van der Waals surface area (Å²) >= 11 is 0. The number of benzene rings is 1. The van der Waals surface area contributed by atoms with Crippen molar-refractivity contribution in [2.75, 3.05) is 20.2 Å². The summed E-state index contributed by atoms with van der Waals surface area (Å²) in [6.07, 6.45) is 7.80. The van der Waals surface area contributed by atoms with Crippen molar-refractivity contribution >= 4 is 5.91 Å². The Morgan fingerprint density at radius 3 is 1.92 bits per heavy atom. The SMILES string of the molecule is CCCCCCN(CCCCCC)C(=O)c1cc(F)c(F)c(OC)c1F. The van der Waals surface area contributed by atoms with Gasteiger partial charge in [-0.3, -0.25) is 4.79 Å². The van der Waals surface area contributed by atoms with Crippen molar-refractivity contribution in [3.8, 4) is 5.75 Å². The van der Waals surface area contributed by atoms with Crippen LogP contribution >= 0.6 is 0 Å². The molecule has 0 heterocycles. The second-order valence-corrected chi connectivity index (χ2v) is 6.48. The molecule has 1 amide bonds. The summed E-state index contributed by atoms with van der Waals surface area (Å²) in [7, 11) is 1.04. The van der Waals surface area contributed by atoms with Gasteiger partial charge in [0.1, 0.15) is 0 Å². The molecule has 0 saturated heterocycles. The van der Waals surface area contributed by atoms with E-state index in [1.807, 2.05) is 0 Å². The van der Waals surface area contributed by atoms with E-state index in [9.17, 15) is 18.0 Å². The number of nitrogens with zero attached hydrogens (tertiary/aromatic N) is 1. The van der Waals surface area contributed by atoms with Crippen LogP contribution in [-0.2, 0) is 0 Å². The first-order valence-corrected chi connectivity index (χ1v) is 9.48. The zero-order valence-electron chi connectivity index (χ0n) is 16.0. The Morgan fingerprint density at radius 1 is 0.923 bits per heavy atom. The van der Waals surface area contributed by atoms with Gasteiger partial charge < -0.3 is 9.64 Å². The first kappa shape index (κ1) is 22.3. The van der Waals surface area contributed by atoms with Crippen molar-refractivity contribution in [2.45, 2.75) is 65.2 Å². The van der Waals surface area contributed by atoms with Crippen LogP contribution in [0.1, 0.15) is 75.6 Å². The van der Waals surface area contributed by atoms with Crippen LogP contribution in [-0.4, -0.2) is 31.0 Å². The quantitative estimate of drug-likeness (QED) is 0.347. The molecule has 0 N–H and O–H groups in total. The van der Waals surface area contributed by atoms with Crippen LogP contribution in [0.25, 0.3) is 0 Å². The fourth-order valence-corrected chi connectivity index (χ4v) is 2.86. The van der Waals surface area contributed by atoms with Crippen molar-refractivity contribution in [1.29, 1.82) is 0 Å². The molecule has 1 aromatic carbocycles. The molecule has 0 fully saturated rings. The van der Waals surface area contributed by atoms with Gasteiger partial charge in [-0.2, -0.15) is 4.39 Å². The highest BCUT2D eigenvalue weighted by Crippen LogP contribution is 2.28. The number of halogens is 3. The zero-order valence-corrected chi connectivity index (χ0v) is 16.0. The molecule has 0 radical (unpaired) electrons. The number of ether oxygens (including phenoxy) is 1. The molecule has 6 heteroatoms. The van der Waals surface area contributed by atoms with Gasteiger partial charge in [-0.05, 0) is 18.9 Å². The van der Waals surface area contributed by atoms with E-state index in [0.717, 1.165) is 58.5 Å². The Morgan fingerprint density at radius 2 is 1.46 bits per heavy atom. The van der Waals surface area contributed by atoms with Crippen LogP contribution in [0.4, 0.5) is 13.2 Å². The standard InChI is InChI=1S/C20H30F3NO2/c1-4-6-8-10-12-24(13-11-9-7-5-2)20(25)15-14-16(21)18(23)19(26-3)17(15)22/h14H,4-13H2,1-3H3. The third-order valence-corrected chi connectivity index (χ3v) is 4.40. The van der Waals surface area contributed by atoms with E-state index >= 15 is 0 Å². The second kappa shape index (κ2) is 11.8.